The van der Waals surface area contributed by atoms with Crippen molar-refractivity contribution in [2.75, 3.05) is 6.61 Å². The van der Waals surface area contributed by atoms with E-state index in [0.29, 0.717) is 27.8 Å². The van der Waals surface area contributed by atoms with Crippen LogP contribution in [0.25, 0.3) is 10.1 Å². The summed E-state index contributed by atoms with van der Waals surface area (Å²) in [6.07, 6.45) is 4.28. The molecule has 0 saturated heterocycles. The first-order valence-corrected chi connectivity index (χ1v) is 12.8. The number of ether oxygens (including phenoxy) is 1. The molecule has 3 N–H and O–H groups in total. The van der Waals surface area contributed by atoms with Crippen LogP contribution < -0.4 is 20.9 Å². The van der Waals surface area contributed by atoms with Gasteiger partial charge in [0.05, 0.1) is 17.2 Å². The van der Waals surface area contributed by atoms with Crippen molar-refractivity contribution in [1.82, 2.24) is 16.2 Å². The van der Waals surface area contributed by atoms with Crippen molar-refractivity contribution in [2.24, 2.45) is 0 Å². The zero-order valence-corrected chi connectivity index (χ0v) is 21.8. The van der Waals surface area contributed by atoms with Gasteiger partial charge in [0.25, 0.3) is 11.8 Å². The highest BCUT2D eigenvalue weighted by Crippen LogP contribution is 2.34. The van der Waals surface area contributed by atoms with Crippen molar-refractivity contribution < 1.29 is 14.3 Å². The summed E-state index contributed by atoms with van der Waals surface area (Å²) in [5.74, 6) is -0.432. The van der Waals surface area contributed by atoms with E-state index >= 15 is 0 Å². The number of fused-ring (bicyclic) bond motifs is 1. The third-order valence-corrected chi connectivity index (χ3v) is 7.07. The number of hydrazine groups is 1. The molecule has 33 heavy (non-hydrogen) atoms. The van der Waals surface area contributed by atoms with E-state index in [0.717, 1.165) is 40.2 Å². The molecule has 2 aromatic carbocycles. The molecule has 174 valence electrons. The average Bonchev–Trinajstić information content (AvgIpc) is 3.15. The summed E-state index contributed by atoms with van der Waals surface area (Å²) in [7, 11) is 0. The fraction of sp³-hybridized carbons (Fsp3) is 0.261. The molecule has 1 aromatic heterocycles. The third-order valence-electron chi connectivity index (χ3n) is 4.70. The van der Waals surface area contributed by atoms with Gasteiger partial charge in [-0.3, -0.25) is 25.8 Å². The highest BCUT2D eigenvalue weighted by molar-refractivity contribution is 9.10. The molecule has 0 aliphatic heterocycles. The molecule has 0 bridgehead atoms. The molecule has 0 saturated carbocycles. The molecule has 0 aliphatic rings. The number of amides is 2. The fourth-order valence-electron chi connectivity index (χ4n) is 3.05. The summed E-state index contributed by atoms with van der Waals surface area (Å²) in [6, 6.07) is 12.7. The molecule has 3 aromatic rings. The minimum Gasteiger partial charge on any atom is -0.493 e. The Balaban J connectivity index is 1.57. The first-order valence-electron chi connectivity index (χ1n) is 10.4. The zero-order chi connectivity index (χ0) is 23.8. The molecule has 0 spiro atoms. The lowest BCUT2D eigenvalue weighted by atomic mass is 10.2. The summed E-state index contributed by atoms with van der Waals surface area (Å²) >= 11 is 16.2. The monoisotopic (exact) mass is 567 g/mol. The molecule has 0 atom stereocenters. The second-order valence-electron chi connectivity index (χ2n) is 7.15. The molecular formula is C23H23BrClN3O3S2. The largest absolute Gasteiger partial charge is 0.493 e. The number of thiocarbonyl (C=S) groups is 1. The van der Waals surface area contributed by atoms with Crippen LogP contribution in [-0.4, -0.2) is 23.5 Å². The van der Waals surface area contributed by atoms with Gasteiger partial charge in [-0.2, -0.15) is 0 Å². The maximum absolute atomic E-state index is 12.8. The van der Waals surface area contributed by atoms with Crippen LogP contribution >= 0.6 is 51.1 Å². The van der Waals surface area contributed by atoms with Gasteiger partial charge in [-0.1, -0.05) is 71.9 Å². The number of carbonyl (C=O) groups is 2. The van der Waals surface area contributed by atoms with Crippen molar-refractivity contribution in [3.05, 3.63) is 62.4 Å². The Morgan fingerprint density at radius 2 is 1.88 bits per heavy atom. The predicted molar refractivity (Wildman–Crippen MR) is 141 cm³/mol. The number of halogens is 2. The maximum Gasteiger partial charge on any atom is 0.281 e. The highest BCUT2D eigenvalue weighted by Gasteiger charge is 2.18. The SMILES string of the molecule is CCCCCCOc1ccc(Br)cc1C(=O)NC(=S)NNC(=O)c1sc2ccccc2c1Cl. The van der Waals surface area contributed by atoms with Crippen LogP contribution in [0.3, 0.4) is 0 Å². The normalized spacial score (nSPS) is 10.6. The molecular weight excluding hydrogens is 546 g/mol. The number of unbranched alkanes of at least 4 members (excludes halogenated alkanes) is 3. The van der Waals surface area contributed by atoms with Gasteiger partial charge in [0.2, 0.25) is 0 Å². The van der Waals surface area contributed by atoms with Gasteiger partial charge in [0.1, 0.15) is 10.6 Å². The van der Waals surface area contributed by atoms with Gasteiger partial charge in [-0.05, 0) is 42.9 Å². The van der Waals surface area contributed by atoms with Gasteiger partial charge in [0.15, 0.2) is 5.11 Å². The zero-order valence-electron chi connectivity index (χ0n) is 17.9. The average molecular weight is 569 g/mol. The fourth-order valence-corrected chi connectivity index (χ4v) is 4.97. The van der Waals surface area contributed by atoms with Crippen molar-refractivity contribution in [1.29, 1.82) is 0 Å². The standard InChI is InChI=1S/C23H23BrClN3O3S2/c1-2-3-4-7-12-31-17-11-10-14(24)13-16(17)21(29)26-23(32)28-27-22(30)20-19(25)15-8-5-6-9-18(15)33-20/h5-6,8-11,13H,2-4,7,12H2,1H3,(H,27,30)(H2,26,28,29,32). The Morgan fingerprint density at radius 3 is 2.64 bits per heavy atom. The summed E-state index contributed by atoms with van der Waals surface area (Å²) in [6.45, 7) is 2.67. The van der Waals surface area contributed by atoms with E-state index in [4.69, 9.17) is 28.6 Å². The van der Waals surface area contributed by atoms with Crippen molar-refractivity contribution in [2.45, 2.75) is 32.6 Å². The van der Waals surface area contributed by atoms with E-state index < -0.39 is 11.8 Å². The van der Waals surface area contributed by atoms with E-state index in [2.05, 4.69) is 39.0 Å². The van der Waals surface area contributed by atoms with Crippen LogP contribution in [-0.2, 0) is 0 Å². The quantitative estimate of drug-likeness (QED) is 0.171. The summed E-state index contributed by atoms with van der Waals surface area (Å²) < 4.78 is 7.45. The minimum atomic E-state index is -0.452. The smallest absolute Gasteiger partial charge is 0.281 e. The molecule has 10 heteroatoms. The predicted octanol–water partition coefficient (Wildman–Crippen LogP) is 6.23. The van der Waals surface area contributed by atoms with Crippen LogP contribution in [0.5, 0.6) is 5.75 Å². The van der Waals surface area contributed by atoms with Crippen LogP contribution in [0.2, 0.25) is 5.02 Å². The van der Waals surface area contributed by atoms with E-state index in [-0.39, 0.29) is 5.11 Å². The lowest BCUT2D eigenvalue weighted by Crippen LogP contribution is -2.48. The molecule has 0 aliphatic carbocycles. The van der Waals surface area contributed by atoms with E-state index in [1.165, 1.54) is 11.3 Å². The van der Waals surface area contributed by atoms with E-state index in [1.807, 2.05) is 30.3 Å². The van der Waals surface area contributed by atoms with Gasteiger partial charge >= 0.3 is 0 Å². The first-order chi connectivity index (χ1) is 15.9. The number of thiophene rings is 1. The van der Waals surface area contributed by atoms with Crippen molar-refractivity contribution in [3.8, 4) is 5.75 Å². The Labute approximate surface area is 215 Å². The molecule has 0 fully saturated rings. The second kappa shape index (κ2) is 12.3. The molecule has 0 radical (unpaired) electrons. The van der Waals surface area contributed by atoms with Crippen molar-refractivity contribution in [3.63, 3.8) is 0 Å². The number of nitrogens with one attached hydrogen (secondary N) is 3. The number of carbonyl (C=O) groups excluding carboxylic acids is 2. The van der Waals surface area contributed by atoms with E-state index in [9.17, 15) is 9.59 Å². The summed E-state index contributed by atoms with van der Waals surface area (Å²) in [5, 5.41) is 3.68. The van der Waals surface area contributed by atoms with Gasteiger partial charge in [-0.15, -0.1) is 11.3 Å². The second-order valence-corrected chi connectivity index (χ2v) is 9.91. The maximum atomic E-state index is 12.8. The lowest BCUT2D eigenvalue weighted by molar-refractivity contribution is 0.0937. The molecule has 3 rings (SSSR count). The Hall–Kier alpha value is -2.20. The number of hydrogen-bond acceptors (Lipinski definition) is 5. The minimum absolute atomic E-state index is 0.0561. The Morgan fingerprint density at radius 1 is 1.09 bits per heavy atom. The van der Waals surface area contributed by atoms with Crippen LogP contribution in [0.1, 0.15) is 52.6 Å². The topological polar surface area (TPSA) is 79.5 Å². The Kier molecular flexibility index (Phi) is 9.49. The number of hydrogen-bond donors (Lipinski definition) is 3. The van der Waals surface area contributed by atoms with Crippen LogP contribution in [0.4, 0.5) is 0 Å². The highest BCUT2D eigenvalue weighted by atomic mass is 79.9. The van der Waals surface area contributed by atoms with Gasteiger partial charge in [0, 0.05) is 14.6 Å². The lowest BCUT2D eigenvalue weighted by Gasteiger charge is -2.14. The van der Waals surface area contributed by atoms with Gasteiger partial charge in [-0.25, -0.2) is 0 Å². The van der Waals surface area contributed by atoms with Crippen LogP contribution in [0.15, 0.2) is 46.9 Å². The number of benzene rings is 2. The van der Waals surface area contributed by atoms with Crippen molar-refractivity contribution >= 4 is 78.1 Å². The van der Waals surface area contributed by atoms with Gasteiger partial charge < -0.3 is 4.74 Å². The molecule has 6 nitrogen and oxygen atoms in total. The number of rotatable bonds is 8. The first kappa shape index (κ1) is 25.4. The molecule has 0 unspecified atom stereocenters. The summed E-state index contributed by atoms with van der Waals surface area (Å²) in [4.78, 5) is 25.7. The molecule has 1 heterocycles. The Bertz CT molecular complexity index is 1170. The molecule has 2 amide bonds. The van der Waals surface area contributed by atoms with E-state index in [1.54, 1.807) is 12.1 Å². The third kappa shape index (κ3) is 6.89. The summed E-state index contributed by atoms with van der Waals surface area (Å²) in [5.41, 5.74) is 5.36. The van der Waals surface area contributed by atoms with Crippen LogP contribution in [0, 0.1) is 0 Å².